The lowest BCUT2D eigenvalue weighted by Gasteiger charge is -2.08. The lowest BCUT2D eigenvalue weighted by molar-refractivity contribution is 0.268. The van der Waals surface area contributed by atoms with E-state index in [9.17, 15) is 0 Å². The summed E-state index contributed by atoms with van der Waals surface area (Å²) < 4.78 is 11.3. The standard InChI is InChI=1S/C16H21NO2/c1-4-17-9-14-8-15(18-10-14)11-19-16-6-5-12(2)7-13(16)3/h5-8,10,17H,4,9,11H2,1-3H3. The largest absolute Gasteiger partial charge is 0.485 e. The average molecular weight is 259 g/mol. The van der Waals surface area contributed by atoms with Gasteiger partial charge in [0.2, 0.25) is 0 Å². The molecule has 1 N–H and O–H groups in total. The monoisotopic (exact) mass is 259 g/mol. The van der Waals surface area contributed by atoms with Crippen LogP contribution in [0.25, 0.3) is 0 Å². The fraction of sp³-hybridized carbons (Fsp3) is 0.375. The van der Waals surface area contributed by atoms with Crippen molar-refractivity contribution in [1.29, 1.82) is 0 Å². The van der Waals surface area contributed by atoms with Crippen LogP contribution in [0.15, 0.2) is 34.9 Å². The summed E-state index contributed by atoms with van der Waals surface area (Å²) in [7, 11) is 0. The maximum atomic E-state index is 5.78. The van der Waals surface area contributed by atoms with E-state index in [0.717, 1.165) is 35.7 Å². The quantitative estimate of drug-likeness (QED) is 0.861. The molecule has 0 unspecified atom stereocenters. The minimum atomic E-state index is 0.468. The molecule has 0 spiro atoms. The molecular weight excluding hydrogens is 238 g/mol. The molecule has 3 nitrogen and oxygen atoms in total. The highest BCUT2D eigenvalue weighted by molar-refractivity contribution is 5.35. The van der Waals surface area contributed by atoms with Gasteiger partial charge in [0.25, 0.3) is 0 Å². The van der Waals surface area contributed by atoms with E-state index in [1.165, 1.54) is 5.56 Å². The summed E-state index contributed by atoms with van der Waals surface area (Å²) in [5.41, 5.74) is 3.55. The van der Waals surface area contributed by atoms with Crippen LogP contribution in [-0.2, 0) is 13.2 Å². The number of nitrogens with one attached hydrogen (secondary N) is 1. The normalized spacial score (nSPS) is 10.7. The van der Waals surface area contributed by atoms with Crippen LogP contribution in [0.5, 0.6) is 5.75 Å². The predicted octanol–water partition coefficient (Wildman–Crippen LogP) is 3.58. The molecule has 0 bridgehead atoms. The number of hydrogen-bond acceptors (Lipinski definition) is 3. The van der Waals surface area contributed by atoms with E-state index in [1.54, 1.807) is 6.26 Å². The minimum Gasteiger partial charge on any atom is -0.485 e. The first-order chi connectivity index (χ1) is 9.19. The van der Waals surface area contributed by atoms with Crippen LogP contribution in [0.3, 0.4) is 0 Å². The molecule has 1 aromatic carbocycles. The highest BCUT2D eigenvalue weighted by atomic mass is 16.5. The Morgan fingerprint density at radius 1 is 1.21 bits per heavy atom. The van der Waals surface area contributed by atoms with Crippen molar-refractivity contribution in [2.75, 3.05) is 6.54 Å². The van der Waals surface area contributed by atoms with Crippen molar-refractivity contribution in [3.8, 4) is 5.75 Å². The van der Waals surface area contributed by atoms with Crippen molar-refractivity contribution in [1.82, 2.24) is 5.32 Å². The summed E-state index contributed by atoms with van der Waals surface area (Å²) in [4.78, 5) is 0. The van der Waals surface area contributed by atoms with Gasteiger partial charge in [-0.1, -0.05) is 24.6 Å². The van der Waals surface area contributed by atoms with Crippen LogP contribution in [0, 0.1) is 13.8 Å². The Labute approximate surface area is 114 Å². The van der Waals surface area contributed by atoms with Gasteiger partial charge < -0.3 is 14.5 Å². The van der Waals surface area contributed by atoms with Gasteiger partial charge in [-0.3, -0.25) is 0 Å². The lowest BCUT2D eigenvalue weighted by atomic mass is 10.1. The maximum Gasteiger partial charge on any atom is 0.146 e. The molecule has 0 saturated heterocycles. The highest BCUT2D eigenvalue weighted by Crippen LogP contribution is 2.20. The minimum absolute atomic E-state index is 0.468. The molecule has 2 aromatic rings. The number of rotatable bonds is 6. The van der Waals surface area contributed by atoms with Crippen LogP contribution in [0.1, 0.15) is 29.4 Å². The van der Waals surface area contributed by atoms with Gasteiger partial charge in [0.05, 0.1) is 6.26 Å². The number of furan rings is 1. The Hall–Kier alpha value is -1.74. The topological polar surface area (TPSA) is 34.4 Å². The molecule has 0 saturated carbocycles. The molecule has 0 aliphatic carbocycles. The molecule has 2 rings (SSSR count). The smallest absolute Gasteiger partial charge is 0.146 e. The zero-order valence-corrected chi connectivity index (χ0v) is 11.8. The van der Waals surface area contributed by atoms with Crippen molar-refractivity contribution in [2.24, 2.45) is 0 Å². The summed E-state index contributed by atoms with van der Waals surface area (Å²) in [5.74, 6) is 1.77. The van der Waals surface area contributed by atoms with Crippen molar-refractivity contribution in [2.45, 2.75) is 33.9 Å². The van der Waals surface area contributed by atoms with Crippen LogP contribution >= 0.6 is 0 Å². The van der Waals surface area contributed by atoms with Crippen molar-refractivity contribution >= 4 is 0 Å². The molecule has 1 aromatic heterocycles. The number of aryl methyl sites for hydroxylation is 2. The Balaban J connectivity index is 1.92. The molecule has 0 aliphatic heterocycles. The Morgan fingerprint density at radius 3 is 2.79 bits per heavy atom. The molecule has 102 valence electrons. The van der Waals surface area contributed by atoms with Crippen molar-refractivity contribution < 1.29 is 9.15 Å². The fourth-order valence-electron chi connectivity index (χ4n) is 1.97. The SMILES string of the molecule is CCNCc1coc(COc2ccc(C)cc2C)c1. The molecule has 0 radical (unpaired) electrons. The van der Waals surface area contributed by atoms with Crippen LogP contribution in [-0.4, -0.2) is 6.54 Å². The third-order valence-corrected chi connectivity index (χ3v) is 2.99. The molecule has 19 heavy (non-hydrogen) atoms. The van der Waals surface area contributed by atoms with E-state index in [4.69, 9.17) is 9.15 Å². The van der Waals surface area contributed by atoms with Gasteiger partial charge in [-0.05, 0) is 38.1 Å². The first kappa shape index (κ1) is 13.7. The molecule has 0 fully saturated rings. The first-order valence-corrected chi connectivity index (χ1v) is 6.66. The van der Waals surface area contributed by atoms with E-state index in [2.05, 4.69) is 38.2 Å². The van der Waals surface area contributed by atoms with Crippen LogP contribution in [0.4, 0.5) is 0 Å². The zero-order chi connectivity index (χ0) is 13.7. The van der Waals surface area contributed by atoms with E-state index >= 15 is 0 Å². The third-order valence-electron chi connectivity index (χ3n) is 2.99. The van der Waals surface area contributed by atoms with Gasteiger partial charge in [-0.2, -0.15) is 0 Å². The molecular formula is C16H21NO2. The van der Waals surface area contributed by atoms with Gasteiger partial charge in [0.1, 0.15) is 18.1 Å². The van der Waals surface area contributed by atoms with Gasteiger partial charge in [-0.15, -0.1) is 0 Å². The van der Waals surface area contributed by atoms with Crippen molar-refractivity contribution in [3.63, 3.8) is 0 Å². The Kier molecular flexibility index (Phi) is 4.63. The van der Waals surface area contributed by atoms with E-state index in [-0.39, 0.29) is 0 Å². The van der Waals surface area contributed by atoms with E-state index in [1.807, 2.05) is 12.1 Å². The number of hydrogen-bond donors (Lipinski definition) is 1. The lowest BCUT2D eigenvalue weighted by Crippen LogP contribution is -2.10. The molecule has 3 heteroatoms. The highest BCUT2D eigenvalue weighted by Gasteiger charge is 2.04. The first-order valence-electron chi connectivity index (χ1n) is 6.66. The summed E-state index contributed by atoms with van der Waals surface area (Å²) in [6, 6.07) is 8.22. The van der Waals surface area contributed by atoms with Crippen LogP contribution in [0.2, 0.25) is 0 Å². The second-order valence-electron chi connectivity index (χ2n) is 4.76. The zero-order valence-electron chi connectivity index (χ0n) is 11.8. The summed E-state index contributed by atoms with van der Waals surface area (Å²) in [6.45, 7) is 8.49. The fourth-order valence-corrected chi connectivity index (χ4v) is 1.97. The summed E-state index contributed by atoms with van der Waals surface area (Å²) in [5, 5.41) is 3.27. The van der Waals surface area contributed by atoms with Crippen LogP contribution < -0.4 is 10.1 Å². The molecule has 0 amide bonds. The summed E-state index contributed by atoms with van der Waals surface area (Å²) >= 11 is 0. The Morgan fingerprint density at radius 2 is 2.05 bits per heavy atom. The average Bonchev–Trinajstić information content (AvgIpc) is 2.83. The molecule has 1 heterocycles. The molecule has 0 atom stereocenters. The van der Waals surface area contributed by atoms with Crippen molar-refractivity contribution in [3.05, 3.63) is 53.0 Å². The predicted molar refractivity (Wildman–Crippen MR) is 76.3 cm³/mol. The second kappa shape index (κ2) is 6.43. The second-order valence-corrected chi connectivity index (χ2v) is 4.76. The van der Waals surface area contributed by atoms with Gasteiger partial charge in [0.15, 0.2) is 0 Å². The van der Waals surface area contributed by atoms with E-state index < -0.39 is 0 Å². The maximum absolute atomic E-state index is 5.78. The summed E-state index contributed by atoms with van der Waals surface area (Å²) in [6.07, 6.45) is 1.78. The molecule has 0 aliphatic rings. The number of ether oxygens (including phenoxy) is 1. The van der Waals surface area contributed by atoms with E-state index in [0.29, 0.717) is 6.61 Å². The Bertz CT molecular complexity index is 531. The van der Waals surface area contributed by atoms with Gasteiger partial charge in [0, 0.05) is 12.1 Å². The number of benzene rings is 1. The van der Waals surface area contributed by atoms with Gasteiger partial charge in [-0.25, -0.2) is 0 Å². The third kappa shape index (κ3) is 3.86. The van der Waals surface area contributed by atoms with Gasteiger partial charge >= 0.3 is 0 Å².